The summed E-state index contributed by atoms with van der Waals surface area (Å²) in [7, 11) is 1.46. The topological polar surface area (TPSA) is 108 Å². The van der Waals surface area contributed by atoms with Gasteiger partial charge in [-0.3, -0.25) is 18.6 Å². The lowest BCUT2D eigenvalue weighted by Crippen LogP contribution is -2.37. The van der Waals surface area contributed by atoms with Crippen molar-refractivity contribution in [2.24, 2.45) is 0 Å². The minimum Gasteiger partial charge on any atom is -0.462 e. The van der Waals surface area contributed by atoms with E-state index in [2.05, 4.69) is 111 Å². The zero-order valence-corrected chi connectivity index (χ0v) is 45.0. The number of ether oxygens (including phenoxy) is 2. The molecule has 1 N–H and O–H groups in total. The predicted octanol–water partition coefficient (Wildman–Crippen LogP) is 16.5. The summed E-state index contributed by atoms with van der Waals surface area (Å²) in [5.41, 5.74) is 0. The number of allylic oxidation sites excluding steroid dienone is 16. The molecule has 0 aromatic rings. The molecular formula is C58H101NO8P+. The summed E-state index contributed by atoms with van der Waals surface area (Å²) in [6.45, 7) is 4.19. The Morgan fingerprint density at radius 1 is 0.456 bits per heavy atom. The number of hydrogen-bond donors (Lipinski definition) is 1. The lowest BCUT2D eigenvalue weighted by atomic mass is 10.0. The van der Waals surface area contributed by atoms with Gasteiger partial charge in [-0.05, 0) is 89.9 Å². The largest absolute Gasteiger partial charge is 0.472 e. The Balaban J connectivity index is 4.22. The van der Waals surface area contributed by atoms with E-state index in [4.69, 9.17) is 18.5 Å². The number of esters is 2. The van der Waals surface area contributed by atoms with E-state index >= 15 is 0 Å². The minimum absolute atomic E-state index is 0.0247. The molecule has 0 bridgehead atoms. The molecule has 0 aromatic carbocycles. The van der Waals surface area contributed by atoms with Gasteiger partial charge >= 0.3 is 19.8 Å². The number of nitrogens with zero attached hydrogens (tertiary/aromatic N) is 1. The third-order valence-electron chi connectivity index (χ3n) is 11.1. The van der Waals surface area contributed by atoms with E-state index < -0.39 is 26.5 Å². The number of carbonyl (C=O) groups is 2. The number of unbranched alkanes of at least 4 members (excludes halogenated alkanes) is 18. The first-order chi connectivity index (χ1) is 33.0. The van der Waals surface area contributed by atoms with E-state index in [1.807, 2.05) is 21.1 Å². The van der Waals surface area contributed by atoms with Crippen molar-refractivity contribution in [1.82, 2.24) is 0 Å². The second-order valence-electron chi connectivity index (χ2n) is 18.8. The molecule has 0 aromatic heterocycles. The first-order valence-electron chi connectivity index (χ1n) is 27.0. The van der Waals surface area contributed by atoms with Crippen LogP contribution in [-0.4, -0.2) is 74.9 Å². The summed E-state index contributed by atoms with van der Waals surface area (Å²) in [4.78, 5) is 35.6. The highest BCUT2D eigenvalue weighted by Crippen LogP contribution is 2.43. The maximum absolute atomic E-state index is 12.8. The Labute approximate surface area is 417 Å². The van der Waals surface area contributed by atoms with Crippen LogP contribution in [-0.2, 0) is 32.7 Å². The molecule has 0 amide bonds. The molecule has 0 aliphatic rings. The van der Waals surface area contributed by atoms with Crippen LogP contribution in [0.3, 0.4) is 0 Å². The van der Waals surface area contributed by atoms with Gasteiger partial charge in [0.05, 0.1) is 27.7 Å². The highest BCUT2D eigenvalue weighted by atomic mass is 31.2. The smallest absolute Gasteiger partial charge is 0.462 e. The Hall–Kier alpha value is -3.07. The van der Waals surface area contributed by atoms with Gasteiger partial charge in [0.2, 0.25) is 0 Å². The minimum atomic E-state index is -4.39. The molecule has 0 rings (SSSR count). The second-order valence-corrected chi connectivity index (χ2v) is 20.3. The number of rotatable bonds is 48. The van der Waals surface area contributed by atoms with E-state index in [9.17, 15) is 19.0 Å². The number of likely N-dealkylation sites (N-methyl/N-ethyl adjacent to an activating group) is 1. The molecule has 0 aliphatic carbocycles. The summed E-state index contributed by atoms with van der Waals surface area (Å²) in [6.07, 6.45) is 66.0. The van der Waals surface area contributed by atoms with Crippen molar-refractivity contribution in [3.8, 4) is 0 Å². The average Bonchev–Trinajstić information content (AvgIpc) is 3.30. The normalized spacial score (nSPS) is 14.1. The van der Waals surface area contributed by atoms with Crippen molar-refractivity contribution in [2.75, 3.05) is 47.5 Å². The fraction of sp³-hybridized carbons (Fsp3) is 0.690. The van der Waals surface area contributed by atoms with Crippen LogP contribution in [0, 0.1) is 0 Å². The van der Waals surface area contributed by atoms with Crippen LogP contribution < -0.4 is 0 Å². The molecule has 0 fully saturated rings. The SMILES string of the molecule is CC/C=C\C/C=C\C/C=C\C/C=C\C/C=C\CCCCCCCCCCCCCC(=O)OC(COC(=O)CCCCCCCCC/C=C\C/C=C\C/C=C\CC)COP(=O)(O)OCC[N+](C)(C)C. The second kappa shape index (κ2) is 48.9. The summed E-state index contributed by atoms with van der Waals surface area (Å²) in [5, 5.41) is 0. The van der Waals surface area contributed by atoms with Crippen LogP contribution >= 0.6 is 7.82 Å². The molecule has 2 unspecified atom stereocenters. The first-order valence-corrected chi connectivity index (χ1v) is 28.5. The molecule has 68 heavy (non-hydrogen) atoms. The fourth-order valence-corrected chi connectivity index (χ4v) is 7.74. The molecule has 0 saturated heterocycles. The fourth-order valence-electron chi connectivity index (χ4n) is 7.00. The quantitative estimate of drug-likeness (QED) is 0.0211. The van der Waals surface area contributed by atoms with E-state index in [-0.39, 0.29) is 32.0 Å². The molecule has 0 aliphatic heterocycles. The molecular weight excluding hydrogens is 870 g/mol. The zero-order chi connectivity index (χ0) is 49.9. The van der Waals surface area contributed by atoms with Crippen molar-refractivity contribution in [3.05, 3.63) is 97.2 Å². The van der Waals surface area contributed by atoms with Gasteiger partial charge in [-0.25, -0.2) is 4.57 Å². The van der Waals surface area contributed by atoms with Gasteiger partial charge < -0.3 is 18.9 Å². The van der Waals surface area contributed by atoms with Crippen molar-refractivity contribution < 1.29 is 42.1 Å². The van der Waals surface area contributed by atoms with E-state index in [0.717, 1.165) is 109 Å². The lowest BCUT2D eigenvalue weighted by molar-refractivity contribution is -0.870. The zero-order valence-electron chi connectivity index (χ0n) is 44.1. The first kappa shape index (κ1) is 64.9. The Kier molecular flexibility index (Phi) is 46.7. The summed E-state index contributed by atoms with van der Waals surface area (Å²) < 4.78 is 34.5. The van der Waals surface area contributed by atoms with Crippen LogP contribution in [0.1, 0.15) is 206 Å². The predicted molar refractivity (Wildman–Crippen MR) is 288 cm³/mol. The lowest BCUT2D eigenvalue weighted by Gasteiger charge is -2.24. The number of quaternary nitrogens is 1. The third-order valence-corrected chi connectivity index (χ3v) is 12.1. The summed E-state index contributed by atoms with van der Waals surface area (Å²) in [6, 6.07) is 0. The van der Waals surface area contributed by atoms with Crippen molar-refractivity contribution >= 4 is 19.8 Å². The van der Waals surface area contributed by atoms with Crippen molar-refractivity contribution in [3.63, 3.8) is 0 Å². The number of carbonyl (C=O) groups excluding carboxylic acids is 2. The van der Waals surface area contributed by atoms with Gasteiger partial charge in [0.15, 0.2) is 6.10 Å². The summed E-state index contributed by atoms with van der Waals surface area (Å²) >= 11 is 0. The van der Waals surface area contributed by atoms with Gasteiger partial charge in [-0.2, -0.15) is 0 Å². The maximum Gasteiger partial charge on any atom is 0.472 e. The molecule has 0 heterocycles. The molecule has 390 valence electrons. The van der Waals surface area contributed by atoms with E-state index in [1.54, 1.807) is 0 Å². The van der Waals surface area contributed by atoms with Crippen LogP contribution in [0.25, 0.3) is 0 Å². The average molecular weight is 971 g/mol. The van der Waals surface area contributed by atoms with Crippen molar-refractivity contribution in [2.45, 2.75) is 213 Å². The molecule has 9 nitrogen and oxygen atoms in total. The van der Waals surface area contributed by atoms with E-state index in [1.165, 1.54) is 64.2 Å². The maximum atomic E-state index is 12.8. The summed E-state index contributed by atoms with van der Waals surface area (Å²) in [5.74, 6) is -0.817. The van der Waals surface area contributed by atoms with Gasteiger partial charge in [0.25, 0.3) is 0 Å². The molecule has 2 atom stereocenters. The number of phosphoric acid groups is 1. The van der Waals surface area contributed by atoms with Gasteiger partial charge in [-0.15, -0.1) is 0 Å². The van der Waals surface area contributed by atoms with E-state index in [0.29, 0.717) is 17.4 Å². The third kappa shape index (κ3) is 52.3. The van der Waals surface area contributed by atoms with Crippen LogP contribution in [0.2, 0.25) is 0 Å². The van der Waals surface area contributed by atoms with Gasteiger partial charge in [0, 0.05) is 12.8 Å². The van der Waals surface area contributed by atoms with Crippen LogP contribution in [0.5, 0.6) is 0 Å². The van der Waals surface area contributed by atoms with Crippen molar-refractivity contribution in [1.29, 1.82) is 0 Å². The Bertz CT molecular complexity index is 1470. The molecule has 10 heteroatoms. The Morgan fingerprint density at radius 2 is 0.794 bits per heavy atom. The number of phosphoric ester groups is 1. The Morgan fingerprint density at radius 3 is 1.18 bits per heavy atom. The monoisotopic (exact) mass is 971 g/mol. The molecule has 0 saturated carbocycles. The highest BCUT2D eigenvalue weighted by Gasteiger charge is 2.27. The van der Waals surface area contributed by atoms with Gasteiger partial charge in [0.1, 0.15) is 19.8 Å². The van der Waals surface area contributed by atoms with Gasteiger partial charge in [-0.1, -0.05) is 201 Å². The van der Waals surface area contributed by atoms with Crippen LogP contribution in [0.15, 0.2) is 97.2 Å². The standard InChI is InChI=1S/C58H100NO8P/c1-6-8-10-12-14-16-18-20-22-24-25-26-27-28-29-30-31-32-33-35-37-39-41-43-45-47-49-51-58(61)67-56(55-66-68(62,63)65-53-52-59(3,4)5)54-64-57(60)50-48-46-44-42-40-38-36-34-23-21-19-17-15-13-11-9-7-2/h8-11,14-17,20-23,25-26,28-29,56H,6-7,12-13,18-19,24,27,30-55H2,1-5H3/p+1/b10-8-,11-9-,16-14-,17-15-,22-20-,23-21-,26-25-,29-28-. The van der Waals surface area contributed by atoms with Crippen LogP contribution in [0.4, 0.5) is 0 Å². The number of hydrogen-bond acceptors (Lipinski definition) is 7. The molecule has 0 radical (unpaired) electrons. The molecule has 0 spiro atoms. The highest BCUT2D eigenvalue weighted by molar-refractivity contribution is 7.47.